The lowest BCUT2D eigenvalue weighted by Gasteiger charge is -2.09. The van der Waals surface area contributed by atoms with Gasteiger partial charge in [-0.3, -0.25) is 4.79 Å². The molecule has 0 aromatic heterocycles. The van der Waals surface area contributed by atoms with Gasteiger partial charge >= 0.3 is 5.97 Å². The largest absolute Gasteiger partial charge is 0.481 e. The number of carboxylic acids is 1. The standard InChI is InChI=1S/C8H16O4/c9-5-1-3-7(8(11)12)4-2-6-10/h7,9-10H,1-6H2,(H,11,12). The minimum absolute atomic E-state index is 0.0307. The molecule has 0 bridgehead atoms. The first-order valence-electron chi connectivity index (χ1n) is 4.17. The molecule has 4 nitrogen and oxygen atoms in total. The molecule has 0 aliphatic heterocycles. The van der Waals surface area contributed by atoms with E-state index in [2.05, 4.69) is 0 Å². The highest BCUT2D eigenvalue weighted by Crippen LogP contribution is 2.13. The van der Waals surface area contributed by atoms with E-state index in [1.807, 2.05) is 0 Å². The zero-order valence-corrected chi connectivity index (χ0v) is 7.07. The molecule has 72 valence electrons. The van der Waals surface area contributed by atoms with Crippen LogP contribution < -0.4 is 0 Å². The Morgan fingerprint density at radius 1 is 1.08 bits per heavy atom. The maximum Gasteiger partial charge on any atom is 0.306 e. The van der Waals surface area contributed by atoms with Gasteiger partial charge in [0.2, 0.25) is 0 Å². The molecule has 0 unspecified atom stereocenters. The molecule has 0 saturated carbocycles. The molecule has 0 aromatic rings. The summed E-state index contributed by atoms with van der Waals surface area (Å²) in [6.45, 7) is 0.0613. The monoisotopic (exact) mass is 176 g/mol. The normalized spacial score (nSPS) is 10.6. The molecule has 0 rings (SSSR count). The number of hydrogen-bond donors (Lipinski definition) is 3. The van der Waals surface area contributed by atoms with Gasteiger partial charge in [0.05, 0.1) is 5.92 Å². The van der Waals surface area contributed by atoms with E-state index in [1.165, 1.54) is 0 Å². The average Bonchev–Trinajstić information content (AvgIpc) is 2.04. The number of carbonyl (C=O) groups is 1. The molecule has 0 amide bonds. The van der Waals surface area contributed by atoms with Crippen molar-refractivity contribution in [2.24, 2.45) is 5.92 Å². The Morgan fingerprint density at radius 3 is 1.75 bits per heavy atom. The predicted octanol–water partition coefficient (Wildman–Crippen LogP) is 0.232. The fourth-order valence-corrected chi connectivity index (χ4v) is 1.07. The summed E-state index contributed by atoms with van der Waals surface area (Å²) in [7, 11) is 0. The van der Waals surface area contributed by atoms with Crippen molar-refractivity contribution < 1.29 is 20.1 Å². The predicted molar refractivity (Wildman–Crippen MR) is 43.8 cm³/mol. The minimum atomic E-state index is -0.836. The summed E-state index contributed by atoms with van der Waals surface area (Å²) in [6, 6.07) is 0. The second-order valence-corrected chi connectivity index (χ2v) is 2.77. The average molecular weight is 176 g/mol. The topological polar surface area (TPSA) is 77.8 Å². The maximum absolute atomic E-state index is 10.5. The Kier molecular flexibility index (Phi) is 6.70. The van der Waals surface area contributed by atoms with Crippen LogP contribution in [0.25, 0.3) is 0 Å². The van der Waals surface area contributed by atoms with Gasteiger partial charge in [0.15, 0.2) is 0 Å². The zero-order valence-electron chi connectivity index (χ0n) is 7.07. The van der Waals surface area contributed by atoms with Gasteiger partial charge < -0.3 is 15.3 Å². The van der Waals surface area contributed by atoms with Gasteiger partial charge in [-0.25, -0.2) is 0 Å². The lowest BCUT2D eigenvalue weighted by Crippen LogP contribution is -2.14. The van der Waals surface area contributed by atoms with Gasteiger partial charge in [0.1, 0.15) is 0 Å². The molecule has 3 N–H and O–H groups in total. The van der Waals surface area contributed by atoms with Crippen LogP contribution in [0.2, 0.25) is 0 Å². The summed E-state index contributed by atoms with van der Waals surface area (Å²) in [6.07, 6.45) is 2.02. The van der Waals surface area contributed by atoms with Gasteiger partial charge in [-0.15, -0.1) is 0 Å². The molecule has 0 fully saturated rings. The molecule has 0 heterocycles. The van der Waals surface area contributed by atoms with Gasteiger partial charge in [0, 0.05) is 13.2 Å². The summed E-state index contributed by atoms with van der Waals surface area (Å²) in [4.78, 5) is 10.5. The van der Waals surface area contributed by atoms with E-state index in [0.29, 0.717) is 25.7 Å². The van der Waals surface area contributed by atoms with Crippen LogP contribution in [0.5, 0.6) is 0 Å². The first kappa shape index (κ1) is 11.4. The van der Waals surface area contributed by atoms with Gasteiger partial charge in [-0.1, -0.05) is 0 Å². The SMILES string of the molecule is O=C(O)C(CCCO)CCCO. The second-order valence-electron chi connectivity index (χ2n) is 2.77. The third kappa shape index (κ3) is 5.09. The molecule has 0 aliphatic carbocycles. The molecule has 0 aromatic carbocycles. The summed E-state index contributed by atoms with van der Waals surface area (Å²) in [5.74, 6) is -1.25. The smallest absolute Gasteiger partial charge is 0.306 e. The van der Waals surface area contributed by atoms with Crippen LogP contribution in [0.1, 0.15) is 25.7 Å². The Labute approximate surface area is 71.8 Å². The Morgan fingerprint density at radius 2 is 1.50 bits per heavy atom. The van der Waals surface area contributed by atoms with E-state index in [9.17, 15) is 4.79 Å². The van der Waals surface area contributed by atoms with Crippen LogP contribution in [-0.4, -0.2) is 34.5 Å². The van der Waals surface area contributed by atoms with E-state index in [4.69, 9.17) is 15.3 Å². The highest BCUT2D eigenvalue weighted by molar-refractivity contribution is 5.69. The molecule has 12 heavy (non-hydrogen) atoms. The minimum Gasteiger partial charge on any atom is -0.481 e. The lowest BCUT2D eigenvalue weighted by molar-refractivity contribution is -0.142. The van der Waals surface area contributed by atoms with E-state index >= 15 is 0 Å². The fraction of sp³-hybridized carbons (Fsp3) is 0.875. The van der Waals surface area contributed by atoms with Crippen LogP contribution >= 0.6 is 0 Å². The van der Waals surface area contributed by atoms with Crippen molar-refractivity contribution >= 4 is 5.97 Å². The molecule has 0 radical (unpaired) electrons. The van der Waals surface area contributed by atoms with E-state index in [1.54, 1.807) is 0 Å². The molecular formula is C8H16O4. The molecular weight excluding hydrogens is 160 g/mol. The maximum atomic E-state index is 10.5. The summed E-state index contributed by atoms with van der Waals surface area (Å²) < 4.78 is 0. The van der Waals surface area contributed by atoms with Crippen molar-refractivity contribution in [1.82, 2.24) is 0 Å². The third-order valence-corrected chi connectivity index (χ3v) is 1.77. The van der Waals surface area contributed by atoms with Crippen molar-refractivity contribution in [3.8, 4) is 0 Å². The first-order chi connectivity index (χ1) is 5.72. The first-order valence-corrected chi connectivity index (χ1v) is 4.17. The van der Waals surface area contributed by atoms with Crippen LogP contribution in [0.3, 0.4) is 0 Å². The van der Waals surface area contributed by atoms with E-state index in [-0.39, 0.29) is 13.2 Å². The second kappa shape index (κ2) is 7.06. The molecule has 0 atom stereocenters. The lowest BCUT2D eigenvalue weighted by atomic mass is 9.98. The van der Waals surface area contributed by atoms with Gasteiger partial charge in [-0.05, 0) is 25.7 Å². The number of aliphatic hydroxyl groups excluding tert-OH is 2. The molecule has 4 heteroatoms. The van der Waals surface area contributed by atoms with E-state index < -0.39 is 11.9 Å². The van der Waals surface area contributed by atoms with Gasteiger partial charge in [0.25, 0.3) is 0 Å². The molecule has 0 spiro atoms. The Hall–Kier alpha value is -0.610. The van der Waals surface area contributed by atoms with Crippen molar-refractivity contribution in [2.75, 3.05) is 13.2 Å². The Bertz CT molecular complexity index is 116. The third-order valence-electron chi connectivity index (χ3n) is 1.77. The number of rotatable bonds is 7. The van der Waals surface area contributed by atoms with Gasteiger partial charge in [-0.2, -0.15) is 0 Å². The number of carboxylic acid groups (broad SMARTS) is 1. The fourth-order valence-electron chi connectivity index (χ4n) is 1.07. The van der Waals surface area contributed by atoms with Crippen LogP contribution in [-0.2, 0) is 4.79 Å². The number of hydrogen-bond acceptors (Lipinski definition) is 3. The Balaban J connectivity index is 3.62. The number of aliphatic carboxylic acids is 1. The van der Waals surface area contributed by atoms with Crippen LogP contribution in [0, 0.1) is 5.92 Å². The highest BCUT2D eigenvalue weighted by Gasteiger charge is 2.15. The van der Waals surface area contributed by atoms with E-state index in [0.717, 1.165) is 0 Å². The van der Waals surface area contributed by atoms with Crippen molar-refractivity contribution in [2.45, 2.75) is 25.7 Å². The highest BCUT2D eigenvalue weighted by atomic mass is 16.4. The molecule has 0 aliphatic rings. The summed E-state index contributed by atoms with van der Waals surface area (Å²) >= 11 is 0. The van der Waals surface area contributed by atoms with Crippen LogP contribution in [0.4, 0.5) is 0 Å². The zero-order chi connectivity index (χ0) is 9.40. The van der Waals surface area contributed by atoms with Crippen molar-refractivity contribution in [3.63, 3.8) is 0 Å². The number of aliphatic hydroxyl groups is 2. The summed E-state index contributed by atoms with van der Waals surface area (Å²) in [5, 5.41) is 25.6. The van der Waals surface area contributed by atoms with Crippen LogP contribution in [0.15, 0.2) is 0 Å². The molecule has 0 saturated heterocycles. The quantitative estimate of drug-likeness (QED) is 0.519. The van der Waals surface area contributed by atoms with Crippen molar-refractivity contribution in [1.29, 1.82) is 0 Å². The summed E-state index contributed by atoms with van der Waals surface area (Å²) in [5.41, 5.74) is 0. The van der Waals surface area contributed by atoms with Crippen molar-refractivity contribution in [3.05, 3.63) is 0 Å².